The smallest absolute Gasteiger partial charge is 0.273 e. The average molecular weight is 411 g/mol. The van der Waals surface area contributed by atoms with Gasteiger partial charge in [-0.2, -0.15) is 0 Å². The van der Waals surface area contributed by atoms with Crippen molar-refractivity contribution in [2.45, 2.75) is 6.42 Å². The van der Waals surface area contributed by atoms with Crippen LogP contribution in [0.15, 0.2) is 66.9 Å². The van der Waals surface area contributed by atoms with Crippen LogP contribution < -0.4 is 20.9 Å². The van der Waals surface area contributed by atoms with Crippen molar-refractivity contribution in [1.29, 1.82) is 0 Å². The number of aromatic nitrogens is 1. The van der Waals surface area contributed by atoms with Crippen molar-refractivity contribution < 1.29 is 14.3 Å². The van der Waals surface area contributed by atoms with Crippen molar-refractivity contribution in [2.24, 2.45) is 0 Å². The highest BCUT2D eigenvalue weighted by Gasteiger charge is 2.15. The number of carbonyl (C=O) groups excluding carboxylic acids is 2. The van der Waals surface area contributed by atoms with Gasteiger partial charge in [0.25, 0.3) is 5.91 Å². The minimum absolute atomic E-state index is 0.108. The van der Waals surface area contributed by atoms with Gasteiger partial charge in [-0.15, -0.1) is 0 Å². The third-order valence-corrected chi connectivity index (χ3v) is 4.26. The summed E-state index contributed by atoms with van der Waals surface area (Å²) in [5, 5.41) is 3.68. The van der Waals surface area contributed by atoms with Crippen molar-refractivity contribution >= 4 is 34.9 Å². The summed E-state index contributed by atoms with van der Waals surface area (Å²) in [5.41, 5.74) is 6.52. The molecular formula is C21H19ClN4O3. The number of carbonyl (C=O) groups is 2. The number of benzene rings is 2. The molecule has 0 aliphatic rings. The van der Waals surface area contributed by atoms with Crippen LogP contribution in [-0.4, -0.2) is 23.9 Å². The molecule has 0 unspecified atom stereocenters. The van der Waals surface area contributed by atoms with E-state index in [2.05, 4.69) is 21.2 Å². The van der Waals surface area contributed by atoms with Gasteiger partial charge in [0, 0.05) is 11.2 Å². The van der Waals surface area contributed by atoms with E-state index in [1.807, 2.05) is 18.2 Å². The van der Waals surface area contributed by atoms with Gasteiger partial charge < -0.3 is 10.1 Å². The SMILES string of the molecule is COc1ccccc1Nc1ncccc1C(=O)NNC(=O)Cc1ccc(Cl)cc1. The molecule has 1 heterocycles. The second kappa shape index (κ2) is 9.57. The Kier molecular flexibility index (Phi) is 6.65. The summed E-state index contributed by atoms with van der Waals surface area (Å²) in [5.74, 6) is 0.0889. The topological polar surface area (TPSA) is 92.3 Å². The quantitative estimate of drug-likeness (QED) is 0.541. The molecular weight excluding hydrogens is 392 g/mol. The number of nitrogens with one attached hydrogen (secondary N) is 3. The highest BCUT2D eigenvalue weighted by Crippen LogP contribution is 2.27. The highest BCUT2D eigenvalue weighted by atomic mass is 35.5. The minimum Gasteiger partial charge on any atom is -0.495 e. The van der Waals surface area contributed by atoms with E-state index in [-0.39, 0.29) is 17.9 Å². The molecule has 2 aromatic carbocycles. The number of methoxy groups -OCH3 is 1. The highest BCUT2D eigenvalue weighted by molar-refractivity contribution is 6.30. The standard InChI is InChI=1S/C21H19ClN4O3/c1-29-18-7-3-2-6-17(18)24-20-16(5-4-12-23-20)21(28)26-25-19(27)13-14-8-10-15(22)11-9-14/h2-12H,13H2,1H3,(H,23,24)(H,25,27)(H,26,28). The van der Waals surface area contributed by atoms with Gasteiger partial charge >= 0.3 is 0 Å². The van der Waals surface area contributed by atoms with E-state index in [0.717, 1.165) is 5.56 Å². The number of halogens is 1. The number of hydrazine groups is 1. The second-order valence-electron chi connectivity index (χ2n) is 6.03. The third kappa shape index (κ3) is 5.46. The summed E-state index contributed by atoms with van der Waals surface area (Å²) in [7, 11) is 1.56. The Balaban J connectivity index is 1.65. The average Bonchev–Trinajstić information content (AvgIpc) is 2.74. The predicted octanol–water partition coefficient (Wildman–Crippen LogP) is 3.49. The summed E-state index contributed by atoms with van der Waals surface area (Å²) in [6, 6.07) is 17.4. The van der Waals surface area contributed by atoms with Gasteiger partial charge in [-0.3, -0.25) is 20.4 Å². The first-order valence-electron chi connectivity index (χ1n) is 8.75. The van der Waals surface area contributed by atoms with Crippen LogP contribution in [0, 0.1) is 0 Å². The first-order chi connectivity index (χ1) is 14.1. The fourth-order valence-corrected chi connectivity index (χ4v) is 2.72. The van der Waals surface area contributed by atoms with E-state index in [4.69, 9.17) is 16.3 Å². The molecule has 8 heteroatoms. The second-order valence-corrected chi connectivity index (χ2v) is 6.47. The van der Waals surface area contributed by atoms with Crippen LogP contribution in [0.2, 0.25) is 5.02 Å². The molecule has 148 valence electrons. The zero-order valence-electron chi connectivity index (χ0n) is 15.6. The Labute approximate surface area is 173 Å². The molecule has 2 amide bonds. The molecule has 0 radical (unpaired) electrons. The molecule has 0 fully saturated rings. The lowest BCUT2D eigenvalue weighted by molar-refractivity contribution is -0.121. The van der Waals surface area contributed by atoms with Crippen molar-refractivity contribution in [3.05, 3.63) is 83.0 Å². The minimum atomic E-state index is -0.500. The van der Waals surface area contributed by atoms with E-state index >= 15 is 0 Å². The number of nitrogens with zero attached hydrogens (tertiary/aromatic N) is 1. The van der Waals surface area contributed by atoms with E-state index in [1.54, 1.807) is 55.8 Å². The summed E-state index contributed by atoms with van der Waals surface area (Å²) in [6.45, 7) is 0. The lowest BCUT2D eigenvalue weighted by atomic mass is 10.1. The van der Waals surface area contributed by atoms with E-state index in [0.29, 0.717) is 22.3 Å². The van der Waals surface area contributed by atoms with Crippen molar-refractivity contribution in [2.75, 3.05) is 12.4 Å². The number of ether oxygens (including phenoxy) is 1. The number of hydrogen-bond donors (Lipinski definition) is 3. The zero-order valence-corrected chi connectivity index (χ0v) is 16.4. The number of rotatable bonds is 6. The molecule has 3 N–H and O–H groups in total. The number of pyridine rings is 1. The Hall–Kier alpha value is -3.58. The summed E-state index contributed by atoms with van der Waals surface area (Å²) < 4.78 is 5.30. The molecule has 0 saturated heterocycles. The van der Waals surface area contributed by atoms with Gasteiger partial charge in [0.1, 0.15) is 11.6 Å². The number of anilines is 2. The maximum Gasteiger partial charge on any atom is 0.273 e. The number of amides is 2. The zero-order chi connectivity index (χ0) is 20.6. The fourth-order valence-electron chi connectivity index (χ4n) is 2.59. The molecule has 1 aromatic heterocycles. The number of para-hydroxylation sites is 2. The first kappa shape index (κ1) is 20.2. The monoisotopic (exact) mass is 410 g/mol. The van der Waals surface area contributed by atoms with E-state index < -0.39 is 5.91 Å². The van der Waals surface area contributed by atoms with Crippen molar-refractivity contribution in [1.82, 2.24) is 15.8 Å². The van der Waals surface area contributed by atoms with Crippen molar-refractivity contribution in [3.63, 3.8) is 0 Å². The molecule has 0 atom stereocenters. The molecule has 7 nitrogen and oxygen atoms in total. The molecule has 0 spiro atoms. The van der Waals surface area contributed by atoms with Crippen LogP contribution in [0.25, 0.3) is 0 Å². The maximum atomic E-state index is 12.6. The van der Waals surface area contributed by atoms with Crippen LogP contribution in [0.1, 0.15) is 15.9 Å². The van der Waals surface area contributed by atoms with Gasteiger partial charge in [-0.25, -0.2) is 4.98 Å². The lowest BCUT2D eigenvalue weighted by Gasteiger charge is -2.14. The fraction of sp³-hybridized carbons (Fsp3) is 0.0952. The van der Waals surface area contributed by atoms with Crippen LogP contribution in [0.5, 0.6) is 5.75 Å². The third-order valence-electron chi connectivity index (χ3n) is 4.01. The van der Waals surface area contributed by atoms with Crippen LogP contribution in [0.4, 0.5) is 11.5 Å². The number of hydrogen-bond acceptors (Lipinski definition) is 5. The van der Waals surface area contributed by atoms with Crippen molar-refractivity contribution in [3.8, 4) is 5.75 Å². The van der Waals surface area contributed by atoms with E-state index in [1.165, 1.54) is 0 Å². The van der Waals surface area contributed by atoms with Crippen LogP contribution in [-0.2, 0) is 11.2 Å². The Morgan fingerprint density at radius 2 is 1.76 bits per heavy atom. The largest absolute Gasteiger partial charge is 0.495 e. The molecule has 0 aliphatic carbocycles. The predicted molar refractivity (Wildman–Crippen MR) is 111 cm³/mol. The molecule has 3 aromatic rings. The summed E-state index contributed by atoms with van der Waals surface area (Å²) in [6.07, 6.45) is 1.67. The van der Waals surface area contributed by atoms with Gasteiger partial charge in [-0.1, -0.05) is 35.9 Å². The molecule has 29 heavy (non-hydrogen) atoms. The normalized spacial score (nSPS) is 10.1. The van der Waals surface area contributed by atoms with Crippen LogP contribution >= 0.6 is 11.6 Å². The Bertz CT molecular complexity index is 1010. The molecule has 0 bridgehead atoms. The maximum absolute atomic E-state index is 12.6. The van der Waals surface area contributed by atoms with Crippen LogP contribution in [0.3, 0.4) is 0 Å². The Morgan fingerprint density at radius 3 is 2.52 bits per heavy atom. The van der Waals surface area contributed by atoms with Gasteiger partial charge in [0.05, 0.1) is 24.8 Å². The lowest BCUT2D eigenvalue weighted by Crippen LogP contribution is -2.42. The molecule has 0 aliphatic heterocycles. The summed E-state index contributed by atoms with van der Waals surface area (Å²) in [4.78, 5) is 28.9. The molecule has 3 rings (SSSR count). The molecule has 0 saturated carbocycles. The summed E-state index contributed by atoms with van der Waals surface area (Å²) >= 11 is 5.83. The Morgan fingerprint density at radius 1 is 1.00 bits per heavy atom. The van der Waals surface area contributed by atoms with Gasteiger partial charge in [0.15, 0.2) is 0 Å². The van der Waals surface area contributed by atoms with Gasteiger partial charge in [-0.05, 0) is 42.0 Å². The first-order valence-corrected chi connectivity index (χ1v) is 9.13. The van der Waals surface area contributed by atoms with Gasteiger partial charge in [0.2, 0.25) is 5.91 Å². The van der Waals surface area contributed by atoms with E-state index in [9.17, 15) is 9.59 Å².